The van der Waals surface area contributed by atoms with E-state index in [1.54, 1.807) is 0 Å². The smallest absolute Gasteiger partial charge is 0.243 e. The van der Waals surface area contributed by atoms with Gasteiger partial charge in [-0.25, -0.2) is 4.98 Å². The van der Waals surface area contributed by atoms with Crippen LogP contribution in [0.4, 0.5) is 0 Å². The second-order valence-corrected chi connectivity index (χ2v) is 6.65. The maximum atomic E-state index is 12.7. The van der Waals surface area contributed by atoms with E-state index in [1.807, 2.05) is 42.7 Å². The summed E-state index contributed by atoms with van der Waals surface area (Å²) in [5.41, 5.74) is 2.80. The van der Waals surface area contributed by atoms with Gasteiger partial charge < -0.3 is 9.88 Å². The zero-order chi connectivity index (χ0) is 17.1. The number of aromatic nitrogens is 4. The van der Waals surface area contributed by atoms with Crippen molar-refractivity contribution in [1.82, 2.24) is 24.5 Å². The predicted molar refractivity (Wildman–Crippen MR) is 94.9 cm³/mol. The lowest BCUT2D eigenvalue weighted by molar-refractivity contribution is -0.124. The first-order valence-corrected chi connectivity index (χ1v) is 8.90. The quantitative estimate of drug-likeness (QED) is 0.747. The molecule has 6 nitrogen and oxygen atoms in total. The third-order valence-corrected chi connectivity index (χ3v) is 4.90. The van der Waals surface area contributed by atoms with Crippen LogP contribution in [0, 0.1) is 6.92 Å². The van der Waals surface area contributed by atoms with Gasteiger partial charge in [-0.3, -0.25) is 4.79 Å². The van der Waals surface area contributed by atoms with Crippen LogP contribution in [0.5, 0.6) is 0 Å². The van der Waals surface area contributed by atoms with E-state index in [4.69, 9.17) is 4.98 Å². The maximum absolute atomic E-state index is 12.7. The zero-order valence-corrected chi connectivity index (χ0v) is 14.9. The molecule has 24 heavy (non-hydrogen) atoms. The van der Waals surface area contributed by atoms with Crippen molar-refractivity contribution in [3.05, 3.63) is 40.7 Å². The number of benzene rings is 1. The minimum absolute atomic E-state index is 0.0247. The minimum atomic E-state index is -0.319. The maximum Gasteiger partial charge on any atom is 0.243 e. The summed E-state index contributed by atoms with van der Waals surface area (Å²) in [5.74, 6) is 0.931. The van der Waals surface area contributed by atoms with E-state index in [2.05, 4.69) is 21.8 Å². The Balaban J connectivity index is 1.84. The van der Waals surface area contributed by atoms with Crippen LogP contribution in [0.15, 0.2) is 24.3 Å². The average molecular weight is 343 g/mol. The highest BCUT2D eigenvalue weighted by Crippen LogP contribution is 2.22. The Bertz CT molecular complexity index is 854. The first-order valence-electron chi connectivity index (χ1n) is 8.13. The molecule has 0 unspecified atom stereocenters. The summed E-state index contributed by atoms with van der Waals surface area (Å²) in [6.07, 6.45) is 1.84. The van der Waals surface area contributed by atoms with Crippen molar-refractivity contribution in [1.29, 1.82) is 0 Å². The van der Waals surface area contributed by atoms with E-state index in [-0.39, 0.29) is 11.9 Å². The molecule has 3 aromatic rings. The summed E-state index contributed by atoms with van der Waals surface area (Å²) in [5, 5.41) is 6.96. The molecule has 1 aromatic carbocycles. The van der Waals surface area contributed by atoms with Crippen LogP contribution in [-0.2, 0) is 17.8 Å². The number of imidazole rings is 1. The standard InChI is InChI=1S/C17H21N5OS/c1-4-7-16-19-13-8-5-6-9-14(13)22(16)12(3)17(23)18-10-15-11(2)20-21-24-15/h5-6,8-9,12H,4,7,10H2,1-3H3,(H,18,23)/t12-/m0/s1. The zero-order valence-electron chi connectivity index (χ0n) is 14.1. The third-order valence-electron chi connectivity index (χ3n) is 4.08. The van der Waals surface area contributed by atoms with Gasteiger partial charge in [0.25, 0.3) is 0 Å². The fraction of sp³-hybridized carbons (Fsp3) is 0.412. The molecule has 0 aliphatic carbocycles. The number of carbonyl (C=O) groups excluding carboxylic acids is 1. The largest absolute Gasteiger partial charge is 0.349 e. The van der Waals surface area contributed by atoms with Crippen LogP contribution in [0.3, 0.4) is 0 Å². The topological polar surface area (TPSA) is 72.7 Å². The van der Waals surface area contributed by atoms with Crippen molar-refractivity contribution in [3.63, 3.8) is 0 Å². The molecule has 1 atom stereocenters. The highest BCUT2D eigenvalue weighted by molar-refractivity contribution is 7.05. The van der Waals surface area contributed by atoms with Gasteiger partial charge in [0, 0.05) is 6.42 Å². The fourth-order valence-electron chi connectivity index (χ4n) is 2.77. The summed E-state index contributed by atoms with van der Waals surface area (Å²) < 4.78 is 5.95. The molecule has 1 N–H and O–H groups in total. The molecule has 7 heteroatoms. The first-order chi connectivity index (χ1) is 11.6. The summed E-state index contributed by atoms with van der Waals surface area (Å²) in [6.45, 7) is 6.40. The molecule has 0 aliphatic rings. The van der Waals surface area contributed by atoms with E-state index >= 15 is 0 Å². The number of fused-ring (bicyclic) bond motifs is 1. The van der Waals surface area contributed by atoms with Gasteiger partial charge in [0.2, 0.25) is 5.91 Å². The lowest BCUT2D eigenvalue weighted by Gasteiger charge is -2.17. The molecule has 0 bridgehead atoms. The molecule has 0 aliphatic heterocycles. The van der Waals surface area contributed by atoms with Gasteiger partial charge in [-0.15, -0.1) is 5.10 Å². The Labute approximate surface area is 145 Å². The molecule has 126 valence electrons. The molecule has 2 aromatic heterocycles. The molecular weight excluding hydrogens is 322 g/mol. The van der Waals surface area contributed by atoms with Crippen LogP contribution in [-0.4, -0.2) is 25.0 Å². The Morgan fingerprint density at radius 1 is 1.38 bits per heavy atom. The lowest BCUT2D eigenvalue weighted by atomic mass is 10.2. The average Bonchev–Trinajstić information content (AvgIpc) is 3.15. The number of para-hydroxylation sites is 2. The summed E-state index contributed by atoms with van der Waals surface area (Å²) in [7, 11) is 0. The predicted octanol–water partition coefficient (Wildman–Crippen LogP) is 3.03. The van der Waals surface area contributed by atoms with E-state index in [0.29, 0.717) is 6.54 Å². The number of rotatable bonds is 6. The molecule has 3 rings (SSSR count). The first kappa shape index (κ1) is 16.6. The van der Waals surface area contributed by atoms with Gasteiger partial charge in [-0.1, -0.05) is 23.5 Å². The van der Waals surface area contributed by atoms with Crippen molar-refractivity contribution < 1.29 is 4.79 Å². The summed E-state index contributed by atoms with van der Waals surface area (Å²) in [6, 6.07) is 7.64. The third kappa shape index (κ3) is 3.17. The molecule has 0 saturated heterocycles. The van der Waals surface area contributed by atoms with Crippen LogP contribution in [0.25, 0.3) is 11.0 Å². The van der Waals surface area contributed by atoms with Crippen molar-refractivity contribution in [2.24, 2.45) is 0 Å². The summed E-state index contributed by atoms with van der Waals surface area (Å²) in [4.78, 5) is 18.3. The second-order valence-electron chi connectivity index (χ2n) is 5.81. The van der Waals surface area contributed by atoms with Gasteiger partial charge in [0.1, 0.15) is 11.9 Å². The van der Waals surface area contributed by atoms with Crippen molar-refractivity contribution in [2.75, 3.05) is 0 Å². The Hall–Kier alpha value is -2.28. The number of hydrogen-bond acceptors (Lipinski definition) is 5. The SMILES string of the molecule is CCCc1nc2ccccc2n1[C@@H](C)C(=O)NCc1snnc1C. The van der Waals surface area contributed by atoms with Gasteiger partial charge in [0.05, 0.1) is 28.1 Å². The second kappa shape index (κ2) is 7.09. The molecule has 0 saturated carbocycles. The number of amides is 1. The fourth-order valence-corrected chi connectivity index (χ4v) is 3.34. The van der Waals surface area contributed by atoms with Crippen molar-refractivity contribution >= 4 is 28.5 Å². The van der Waals surface area contributed by atoms with E-state index in [9.17, 15) is 4.79 Å². The molecule has 0 spiro atoms. The van der Waals surface area contributed by atoms with Gasteiger partial charge in [-0.05, 0) is 43.9 Å². The molecule has 1 amide bonds. The molecular formula is C17H21N5OS. The molecule has 0 fully saturated rings. The van der Waals surface area contributed by atoms with Crippen LogP contribution in [0.1, 0.15) is 42.7 Å². The number of nitrogens with zero attached hydrogens (tertiary/aromatic N) is 4. The van der Waals surface area contributed by atoms with E-state index in [1.165, 1.54) is 11.5 Å². The number of aryl methyl sites for hydroxylation is 2. The Morgan fingerprint density at radius 2 is 2.17 bits per heavy atom. The summed E-state index contributed by atoms with van der Waals surface area (Å²) >= 11 is 1.32. The lowest BCUT2D eigenvalue weighted by Crippen LogP contribution is -2.31. The number of hydrogen-bond donors (Lipinski definition) is 1. The molecule has 2 heterocycles. The van der Waals surface area contributed by atoms with Crippen LogP contribution in [0.2, 0.25) is 0 Å². The molecule has 0 radical (unpaired) electrons. The minimum Gasteiger partial charge on any atom is -0.349 e. The van der Waals surface area contributed by atoms with Crippen LogP contribution < -0.4 is 5.32 Å². The highest BCUT2D eigenvalue weighted by Gasteiger charge is 2.21. The van der Waals surface area contributed by atoms with E-state index < -0.39 is 0 Å². The van der Waals surface area contributed by atoms with Gasteiger partial charge in [0.15, 0.2) is 0 Å². The van der Waals surface area contributed by atoms with Crippen LogP contribution >= 0.6 is 11.5 Å². The van der Waals surface area contributed by atoms with E-state index in [0.717, 1.165) is 40.3 Å². The Morgan fingerprint density at radius 3 is 2.88 bits per heavy atom. The highest BCUT2D eigenvalue weighted by atomic mass is 32.1. The van der Waals surface area contributed by atoms with Crippen molar-refractivity contribution in [2.45, 2.75) is 46.2 Å². The number of nitrogens with one attached hydrogen (secondary N) is 1. The number of carbonyl (C=O) groups is 1. The van der Waals surface area contributed by atoms with Gasteiger partial charge >= 0.3 is 0 Å². The Kier molecular flexibility index (Phi) is 4.89. The van der Waals surface area contributed by atoms with Gasteiger partial charge in [-0.2, -0.15) is 0 Å². The monoisotopic (exact) mass is 343 g/mol. The van der Waals surface area contributed by atoms with Crippen molar-refractivity contribution in [3.8, 4) is 0 Å². The normalized spacial score (nSPS) is 12.5.